The second-order valence-electron chi connectivity index (χ2n) is 11.3. The number of benzene rings is 3. The number of imidazole rings is 2. The first-order valence-corrected chi connectivity index (χ1v) is 14.5. The maximum absolute atomic E-state index is 6.41. The van der Waals surface area contributed by atoms with E-state index in [0.717, 1.165) is 66.2 Å². The van der Waals surface area contributed by atoms with E-state index in [4.69, 9.17) is 14.7 Å². The number of nitrogens with zero attached hydrogens (tertiary/aromatic N) is 6. The number of rotatable bonds is 3. The molecule has 0 aliphatic heterocycles. The molecule has 6 heterocycles. The van der Waals surface area contributed by atoms with Gasteiger partial charge in [-0.2, -0.15) is 0 Å². The van der Waals surface area contributed by atoms with Gasteiger partial charge in [0, 0.05) is 48.0 Å². The molecule has 9 rings (SSSR count). The maximum atomic E-state index is 6.41. The summed E-state index contributed by atoms with van der Waals surface area (Å²) in [4.78, 5) is 19.1. The molecule has 0 saturated carbocycles. The van der Waals surface area contributed by atoms with Crippen molar-refractivity contribution >= 4 is 54.9 Å². The number of pyridine rings is 4. The van der Waals surface area contributed by atoms with Crippen molar-refractivity contribution in [3.63, 3.8) is 0 Å². The van der Waals surface area contributed by atoms with Gasteiger partial charge in [-0.15, -0.1) is 12.1 Å². The van der Waals surface area contributed by atoms with Crippen LogP contribution >= 0.6 is 0 Å². The van der Waals surface area contributed by atoms with Crippen LogP contribution in [0.5, 0.6) is 11.5 Å². The van der Waals surface area contributed by atoms with E-state index in [9.17, 15) is 0 Å². The molecule has 0 atom stereocenters. The third-order valence-electron chi connectivity index (χ3n) is 8.39. The van der Waals surface area contributed by atoms with Crippen molar-refractivity contribution < 1.29 is 25.8 Å². The average molecular weight is 764 g/mol. The molecule has 0 N–H and O–H groups in total. The summed E-state index contributed by atoms with van der Waals surface area (Å²) in [5, 5.41) is 4.73. The van der Waals surface area contributed by atoms with Gasteiger partial charge < -0.3 is 13.5 Å². The molecule has 6 aromatic heterocycles. The summed E-state index contributed by atoms with van der Waals surface area (Å²) in [5.41, 5.74) is 10.0. The van der Waals surface area contributed by atoms with Gasteiger partial charge in [-0.1, -0.05) is 69.6 Å². The second kappa shape index (κ2) is 10.2. The number of fused-ring (bicyclic) bond motifs is 12. The van der Waals surface area contributed by atoms with E-state index in [2.05, 4.69) is 77.7 Å². The van der Waals surface area contributed by atoms with Gasteiger partial charge in [-0.3, -0.25) is 15.0 Å². The third kappa shape index (κ3) is 4.15. The zero-order chi connectivity index (χ0) is 29.5. The van der Waals surface area contributed by atoms with Gasteiger partial charge in [0.25, 0.3) is 0 Å². The number of ether oxygens (including phenoxy) is 1. The molecule has 8 heteroatoms. The Kier molecular flexibility index (Phi) is 6.22. The molecule has 0 aliphatic carbocycles. The monoisotopic (exact) mass is 763 g/mol. The Bertz CT molecular complexity index is 2610. The molecule has 0 radical (unpaired) electrons. The minimum atomic E-state index is 0. The molecular formula is C37H24N6OPt. The summed E-state index contributed by atoms with van der Waals surface area (Å²) in [7, 11) is 0. The Labute approximate surface area is 272 Å². The topological polar surface area (TPSA) is 69.6 Å². The van der Waals surface area contributed by atoms with Gasteiger partial charge in [0.15, 0.2) is 0 Å². The Morgan fingerprint density at radius 3 is 2.16 bits per heavy atom. The van der Waals surface area contributed by atoms with Gasteiger partial charge in [-0.05, 0) is 55.5 Å². The average Bonchev–Trinajstić information content (AvgIpc) is 3.70. The fraction of sp³-hybridized carbons (Fsp3) is 0.0811. The summed E-state index contributed by atoms with van der Waals surface area (Å²) in [6, 6.07) is 27.4. The molecule has 0 saturated heterocycles. The predicted octanol–water partition coefficient (Wildman–Crippen LogP) is 8.37. The first-order chi connectivity index (χ1) is 21.5. The molecule has 0 aliphatic rings. The van der Waals surface area contributed by atoms with Crippen molar-refractivity contribution in [3.05, 3.63) is 120 Å². The van der Waals surface area contributed by atoms with E-state index in [1.165, 1.54) is 16.7 Å². The Balaban J connectivity index is 0.00000300. The number of aromatic nitrogens is 6. The van der Waals surface area contributed by atoms with E-state index < -0.39 is 0 Å². The van der Waals surface area contributed by atoms with E-state index in [-0.39, 0.29) is 21.1 Å². The van der Waals surface area contributed by atoms with Crippen LogP contribution in [0, 0.1) is 32.9 Å². The van der Waals surface area contributed by atoms with E-state index >= 15 is 0 Å². The third-order valence-corrected chi connectivity index (χ3v) is 8.39. The van der Waals surface area contributed by atoms with E-state index in [1.54, 1.807) is 12.4 Å². The largest absolute Gasteiger partial charge is 2.00 e. The fourth-order valence-corrected chi connectivity index (χ4v) is 6.66. The van der Waals surface area contributed by atoms with Crippen molar-refractivity contribution in [3.8, 4) is 22.8 Å². The Morgan fingerprint density at radius 1 is 0.667 bits per heavy atom. The van der Waals surface area contributed by atoms with Crippen LogP contribution in [0.1, 0.15) is 16.7 Å². The van der Waals surface area contributed by atoms with Crippen LogP contribution in [0.15, 0.2) is 91.6 Å². The molecule has 3 aromatic carbocycles. The van der Waals surface area contributed by atoms with Crippen LogP contribution in [0.3, 0.4) is 0 Å². The number of hydrogen-bond donors (Lipinski definition) is 0. The van der Waals surface area contributed by atoms with Gasteiger partial charge in [0.1, 0.15) is 5.65 Å². The van der Waals surface area contributed by atoms with Crippen LogP contribution in [0.4, 0.5) is 0 Å². The van der Waals surface area contributed by atoms with Crippen molar-refractivity contribution in [2.75, 3.05) is 0 Å². The second-order valence-corrected chi connectivity index (χ2v) is 11.3. The zero-order valence-electron chi connectivity index (χ0n) is 24.6. The van der Waals surface area contributed by atoms with Crippen molar-refractivity contribution in [1.29, 1.82) is 0 Å². The van der Waals surface area contributed by atoms with Gasteiger partial charge >= 0.3 is 21.1 Å². The molecule has 0 unspecified atom stereocenters. The SMILES string of the molecule is Cc1cc(C)c(-c2cn3c4cccnc4c4ccc(Oc5[c-]c6c(cc5)c5cccnc5n5ccnc65)[c-]c4c3n2)c(C)c1.[Pt+2]. The van der Waals surface area contributed by atoms with Crippen LogP contribution in [0.2, 0.25) is 0 Å². The molecular weight excluding hydrogens is 740 g/mol. The molecule has 0 spiro atoms. The van der Waals surface area contributed by atoms with Crippen molar-refractivity contribution in [1.82, 2.24) is 28.7 Å². The Hall–Kier alpha value is -5.13. The summed E-state index contributed by atoms with van der Waals surface area (Å²) in [6.07, 6.45) is 9.43. The first kappa shape index (κ1) is 27.4. The van der Waals surface area contributed by atoms with Crippen LogP contribution in [-0.2, 0) is 21.1 Å². The molecule has 218 valence electrons. The molecule has 0 fully saturated rings. The first-order valence-electron chi connectivity index (χ1n) is 14.5. The number of aryl methyl sites for hydroxylation is 3. The van der Waals surface area contributed by atoms with Crippen molar-refractivity contribution in [2.24, 2.45) is 0 Å². The van der Waals surface area contributed by atoms with Gasteiger partial charge in [0.05, 0.1) is 28.0 Å². The quantitative estimate of drug-likeness (QED) is 0.134. The fourth-order valence-electron chi connectivity index (χ4n) is 6.66. The summed E-state index contributed by atoms with van der Waals surface area (Å²) in [6.45, 7) is 6.42. The molecule has 0 bridgehead atoms. The maximum Gasteiger partial charge on any atom is 2.00 e. The van der Waals surface area contributed by atoms with Gasteiger partial charge in [0.2, 0.25) is 0 Å². The predicted molar refractivity (Wildman–Crippen MR) is 173 cm³/mol. The van der Waals surface area contributed by atoms with E-state index in [1.807, 2.05) is 53.2 Å². The summed E-state index contributed by atoms with van der Waals surface area (Å²) in [5.74, 6) is 1.14. The molecule has 0 amide bonds. The van der Waals surface area contributed by atoms with Crippen LogP contribution in [-0.4, -0.2) is 28.7 Å². The number of hydrogen-bond acceptors (Lipinski definition) is 5. The Morgan fingerprint density at radius 2 is 1.36 bits per heavy atom. The summed E-state index contributed by atoms with van der Waals surface area (Å²) < 4.78 is 10.5. The van der Waals surface area contributed by atoms with Crippen LogP contribution < -0.4 is 4.74 Å². The van der Waals surface area contributed by atoms with Crippen LogP contribution in [0.25, 0.3) is 66.2 Å². The molecule has 7 nitrogen and oxygen atoms in total. The standard InChI is InChI=1S/C37H24N6O.Pt/c1-21-16-22(2)33(23(3)17-21)31-20-43-32-7-5-12-38-34(32)27-11-9-25(19-30(27)37(43)41-31)44-24-8-10-26-28-6-4-13-39-35(28)42-15-14-40-36(42)29(26)18-24;/h4-17,20H,1-3H3;/q-2;+2. The molecule has 45 heavy (non-hydrogen) atoms. The van der Waals surface area contributed by atoms with Crippen molar-refractivity contribution in [2.45, 2.75) is 20.8 Å². The molecule has 9 aromatic rings. The zero-order valence-corrected chi connectivity index (χ0v) is 26.8. The normalized spacial score (nSPS) is 11.7. The minimum Gasteiger partial charge on any atom is -0.497 e. The smallest absolute Gasteiger partial charge is 0.497 e. The van der Waals surface area contributed by atoms with Gasteiger partial charge in [-0.25, -0.2) is 4.98 Å². The minimum absolute atomic E-state index is 0. The summed E-state index contributed by atoms with van der Waals surface area (Å²) >= 11 is 0. The van der Waals surface area contributed by atoms with E-state index in [0.29, 0.717) is 11.5 Å².